The molecule has 0 spiro atoms. The lowest BCUT2D eigenvalue weighted by molar-refractivity contribution is -0.128. The molecular formula is C24H30FIN4O. The van der Waals surface area contributed by atoms with E-state index in [4.69, 9.17) is 0 Å². The normalized spacial score (nSPS) is 17.3. The number of nitrogens with one attached hydrogen (secondary N) is 2. The summed E-state index contributed by atoms with van der Waals surface area (Å²) in [4.78, 5) is 18.0. The average molecular weight is 536 g/mol. The van der Waals surface area contributed by atoms with E-state index in [1.807, 2.05) is 11.0 Å². The molecule has 4 rings (SSSR count). The van der Waals surface area contributed by atoms with Crippen LogP contribution in [0.2, 0.25) is 0 Å². The molecule has 1 saturated heterocycles. The Kier molecular flexibility index (Phi) is 7.91. The molecule has 1 saturated carbocycles. The lowest BCUT2D eigenvalue weighted by atomic mass is 9.96. The third kappa shape index (κ3) is 5.96. The van der Waals surface area contributed by atoms with Gasteiger partial charge in [0.05, 0.1) is 0 Å². The molecule has 2 aromatic carbocycles. The van der Waals surface area contributed by atoms with E-state index < -0.39 is 0 Å². The summed E-state index contributed by atoms with van der Waals surface area (Å²) in [5.41, 5.74) is 3.37. The molecule has 7 heteroatoms. The first-order chi connectivity index (χ1) is 14.6. The number of guanidine groups is 1. The maximum absolute atomic E-state index is 13.6. The first kappa shape index (κ1) is 23.5. The van der Waals surface area contributed by atoms with Gasteiger partial charge in [-0.1, -0.05) is 36.4 Å². The van der Waals surface area contributed by atoms with Crippen LogP contribution in [0.3, 0.4) is 0 Å². The number of hydrogen-bond acceptors (Lipinski definition) is 2. The van der Waals surface area contributed by atoms with Crippen molar-refractivity contribution in [2.24, 2.45) is 4.99 Å². The summed E-state index contributed by atoms with van der Waals surface area (Å²) in [6.07, 6.45) is 3.75. The van der Waals surface area contributed by atoms with Crippen molar-refractivity contribution in [3.8, 4) is 0 Å². The van der Waals surface area contributed by atoms with Crippen LogP contribution in [-0.2, 0) is 23.3 Å². The molecule has 2 fully saturated rings. The molecule has 0 unspecified atom stereocenters. The minimum absolute atomic E-state index is 0. The van der Waals surface area contributed by atoms with Gasteiger partial charge in [-0.2, -0.15) is 0 Å². The predicted molar refractivity (Wildman–Crippen MR) is 132 cm³/mol. The second kappa shape index (κ2) is 10.4. The molecule has 0 radical (unpaired) electrons. The third-order valence-corrected chi connectivity index (χ3v) is 6.14. The van der Waals surface area contributed by atoms with Crippen molar-refractivity contribution in [2.75, 3.05) is 20.1 Å². The highest BCUT2D eigenvalue weighted by Gasteiger charge is 2.44. The highest BCUT2D eigenvalue weighted by atomic mass is 127. The van der Waals surface area contributed by atoms with E-state index >= 15 is 0 Å². The topological polar surface area (TPSA) is 56.7 Å². The highest BCUT2D eigenvalue weighted by molar-refractivity contribution is 14.0. The Hall–Kier alpha value is -2.16. The standard InChI is InChI=1S/C24H29FN4O.HI/c1-26-23(28-17-24(11-12-24)20-4-2-5-21(25)14-20)27-15-18-7-9-19(10-8-18)16-29-13-3-6-22(29)30;/h2,4-5,7-10,14H,3,6,11-13,15-17H2,1H3,(H2,26,27,28);1H. The van der Waals surface area contributed by atoms with Gasteiger partial charge in [0.25, 0.3) is 0 Å². The zero-order valence-electron chi connectivity index (χ0n) is 17.9. The molecular weight excluding hydrogens is 506 g/mol. The zero-order chi connectivity index (χ0) is 21.0. The molecule has 166 valence electrons. The van der Waals surface area contributed by atoms with Crippen LogP contribution in [0.5, 0.6) is 0 Å². The highest BCUT2D eigenvalue weighted by Crippen LogP contribution is 2.47. The number of amides is 1. The first-order valence-corrected chi connectivity index (χ1v) is 10.6. The fraction of sp³-hybridized carbons (Fsp3) is 0.417. The lowest BCUT2D eigenvalue weighted by Gasteiger charge is -2.19. The van der Waals surface area contributed by atoms with Crippen molar-refractivity contribution in [1.29, 1.82) is 0 Å². The van der Waals surface area contributed by atoms with Crippen LogP contribution in [0, 0.1) is 5.82 Å². The van der Waals surface area contributed by atoms with E-state index in [1.165, 1.54) is 6.07 Å². The summed E-state index contributed by atoms with van der Waals surface area (Å²) in [5.74, 6) is 0.811. The molecule has 2 N–H and O–H groups in total. The van der Waals surface area contributed by atoms with Crippen LogP contribution in [0.1, 0.15) is 42.4 Å². The van der Waals surface area contributed by atoms with Crippen LogP contribution in [0.25, 0.3) is 0 Å². The lowest BCUT2D eigenvalue weighted by Crippen LogP contribution is -2.40. The van der Waals surface area contributed by atoms with Crippen LogP contribution in [-0.4, -0.2) is 36.9 Å². The van der Waals surface area contributed by atoms with Crippen molar-refractivity contribution < 1.29 is 9.18 Å². The molecule has 1 aliphatic carbocycles. The molecule has 2 aromatic rings. The molecule has 0 atom stereocenters. The van der Waals surface area contributed by atoms with Crippen LogP contribution < -0.4 is 10.6 Å². The van der Waals surface area contributed by atoms with Crippen molar-refractivity contribution in [3.05, 3.63) is 71.0 Å². The molecule has 0 bridgehead atoms. The maximum Gasteiger partial charge on any atom is 0.222 e. The number of hydrogen-bond donors (Lipinski definition) is 2. The molecule has 2 aliphatic rings. The molecule has 1 amide bonds. The van der Waals surface area contributed by atoms with Gasteiger partial charge in [-0.05, 0) is 48.1 Å². The van der Waals surface area contributed by atoms with E-state index in [-0.39, 0.29) is 41.1 Å². The SMILES string of the molecule is CN=C(NCc1ccc(CN2CCCC2=O)cc1)NCC1(c2cccc(F)c2)CC1.I. The monoisotopic (exact) mass is 536 g/mol. The van der Waals surface area contributed by atoms with Gasteiger partial charge in [0, 0.05) is 45.1 Å². The Labute approximate surface area is 200 Å². The Morgan fingerprint density at radius 3 is 2.48 bits per heavy atom. The fourth-order valence-electron chi connectivity index (χ4n) is 4.05. The minimum Gasteiger partial charge on any atom is -0.356 e. The van der Waals surface area contributed by atoms with Gasteiger partial charge < -0.3 is 15.5 Å². The zero-order valence-corrected chi connectivity index (χ0v) is 20.2. The second-order valence-electron chi connectivity index (χ2n) is 8.31. The summed E-state index contributed by atoms with van der Waals surface area (Å²) in [7, 11) is 1.76. The number of halogens is 2. The molecule has 1 aliphatic heterocycles. The quantitative estimate of drug-likeness (QED) is 0.320. The number of carbonyl (C=O) groups excluding carboxylic acids is 1. The number of benzene rings is 2. The van der Waals surface area contributed by atoms with Crippen LogP contribution in [0.4, 0.5) is 4.39 Å². The van der Waals surface area contributed by atoms with Gasteiger partial charge in [0.2, 0.25) is 5.91 Å². The number of likely N-dealkylation sites (tertiary alicyclic amines) is 1. The third-order valence-electron chi connectivity index (χ3n) is 6.14. The Morgan fingerprint density at radius 2 is 1.87 bits per heavy atom. The summed E-state index contributed by atoms with van der Waals surface area (Å²) < 4.78 is 13.6. The van der Waals surface area contributed by atoms with Crippen molar-refractivity contribution in [1.82, 2.24) is 15.5 Å². The van der Waals surface area contributed by atoms with E-state index in [0.717, 1.165) is 55.0 Å². The van der Waals surface area contributed by atoms with E-state index in [9.17, 15) is 9.18 Å². The van der Waals surface area contributed by atoms with Gasteiger partial charge in [-0.3, -0.25) is 9.79 Å². The number of nitrogens with zero attached hydrogens (tertiary/aromatic N) is 2. The molecule has 5 nitrogen and oxygen atoms in total. The van der Waals surface area contributed by atoms with Gasteiger partial charge in [0.1, 0.15) is 5.82 Å². The van der Waals surface area contributed by atoms with Crippen LogP contribution in [0.15, 0.2) is 53.5 Å². The molecule has 1 heterocycles. The van der Waals surface area contributed by atoms with Crippen molar-refractivity contribution >= 4 is 35.8 Å². The molecule has 31 heavy (non-hydrogen) atoms. The Bertz CT molecular complexity index is 927. The first-order valence-electron chi connectivity index (χ1n) is 10.6. The van der Waals surface area contributed by atoms with Gasteiger partial charge in [-0.25, -0.2) is 4.39 Å². The number of rotatable bonds is 7. The summed E-state index contributed by atoms with van der Waals surface area (Å²) in [5, 5.41) is 6.75. The fourth-order valence-corrected chi connectivity index (χ4v) is 4.05. The van der Waals surface area contributed by atoms with Gasteiger partial charge in [-0.15, -0.1) is 24.0 Å². The van der Waals surface area contributed by atoms with Gasteiger partial charge in [0.15, 0.2) is 5.96 Å². The summed E-state index contributed by atoms with van der Waals surface area (Å²) >= 11 is 0. The Balaban J connectivity index is 0.00000272. The predicted octanol–water partition coefficient (Wildman–Crippen LogP) is 3.96. The largest absolute Gasteiger partial charge is 0.356 e. The average Bonchev–Trinajstić information content (AvgIpc) is 3.45. The number of aliphatic imine (C=N–C) groups is 1. The van der Waals surface area contributed by atoms with Crippen molar-refractivity contribution in [2.45, 2.75) is 44.2 Å². The number of carbonyl (C=O) groups is 1. The molecule has 0 aromatic heterocycles. The minimum atomic E-state index is -0.182. The van der Waals surface area contributed by atoms with Gasteiger partial charge >= 0.3 is 0 Å². The Morgan fingerprint density at radius 1 is 1.13 bits per heavy atom. The van der Waals surface area contributed by atoms with E-state index in [1.54, 1.807) is 19.2 Å². The smallest absolute Gasteiger partial charge is 0.222 e. The second-order valence-corrected chi connectivity index (χ2v) is 8.31. The van der Waals surface area contributed by atoms with E-state index in [2.05, 4.69) is 39.9 Å². The maximum atomic E-state index is 13.6. The summed E-state index contributed by atoms with van der Waals surface area (Å²) in [6.45, 7) is 2.95. The van der Waals surface area contributed by atoms with E-state index in [0.29, 0.717) is 19.5 Å². The summed E-state index contributed by atoms with van der Waals surface area (Å²) in [6, 6.07) is 15.3. The van der Waals surface area contributed by atoms with Crippen molar-refractivity contribution in [3.63, 3.8) is 0 Å². The van der Waals surface area contributed by atoms with Crippen LogP contribution >= 0.6 is 24.0 Å².